The van der Waals surface area contributed by atoms with Crippen LogP contribution in [0, 0.1) is 0 Å². The third-order valence-electron chi connectivity index (χ3n) is 0.832. The summed E-state index contributed by atoms with van der Waals surface area (Å²) < 4.78 is 10.2. The molecule has 5 N–H and O–H groups in total. The minimum absolute atomic E-state index is 0.0262. The fourth-order valence-electron chi connectivity index (χ4n) is 0.299. The number of aliphatic carboxylic acids is 1. The van der Waals surface area contributed by atoms with E-state index in [9.17, 15) is 9.00 Å². The fraction of sp³-hybridized carbons (Fsp3) is 0.500. The van der Waals surface area contributed by atoms with Crippen LogP contribution in [0.1, 0.15) is 6.42 Å². The van der Waals surface area contributed by atoms with Crippen LogP contribution < -0.4 is 10.9 Å². The molecule has 0 aliphatic rings. The molecule has 10 heavy (non-hydrogen) atoms. The lowest BCUT2D eigenvalue weighted by molar-refractivity contribution is -0.138. The van der Waals surface area contributed by atoms with Crippen molar-refractivity contribution in [2.24, 2.45) is 10.9 Å². The maximum Gasteiger partial charge on any atom is 0.320 e. The lowest BCUT2D eigenvalue weighted by atomic mass is 10.2. The summed E-state index contributed by atoms with van der Waals surface area (Å²) in [5.41, 5.74) is 5.04. The van der Waals surface area contributed by atoms with Crippen LogP contribution in [0.25, 0.3) is 0 Å². The largest absolute Gasteiger partial charge is 0.480 e. The molecule has 0 spiro atoms. The summed E-state index contributed by atoms with van der Waals surface area (Å²) in [6, 6.07) is -1.01. The summed E-state index contributed by atoms with van der Waals surface area (Å²) in [5.74, 6) is -1.12. The Labute approximate surface area is 60.2 Å². The lowest BCUT2D eigenvalue weighted by Crippen LogP contribution is -2.30. The minimum atomic E-state index is -1.57. The highest BCUT2D eigenvalue weighted by molar-refractivity contribution is 7.81. The molecule has 0 aliphatic carbocycles. The van der Waals surface area contributed by atoms with Gasteiger partial charge in [-0.3, -0.25) is 4.79 Å². The van der Waals surface area contributed by atoms with E-state index in [-0.39, 0.29) is 6.42 Å². The summed E-state index contributed by atoms with van der Waals surface area (Å²) in [5, 5.41) is 14.2. The molecule has 0 bridgehead atoms. The Morgan fingerprint density at radius 3 is 2.60 bits per heavy atom. The van der Waals surface area contributed by atoms with Crippen LogP contribution in [-0.4, -0.2) is 22.5 Å². The highest BCUT2D eigenvalue weighted by Gasteiger charge is 2.06. The molecule has 0 fully saturated rings. The first-order valence-corrected chi connectivity index (χ1v) is 3.78. The molecule has 5 nitrogen and oxygen atoms in total. The van der Waals surface area contributed by atoms with Gasteiger partial charge in [-0.1, -0.05) is 0 Å². The molecule has 0 radical (unpaired) electrons. The van der Waals surface area contributed by atoms with Gasteiger partial charge >= 0.3 is 5.97 Å². The fourth-order valence-corrected chi connectivity index (χ4v) is 0.696. The smallest absolute Gasteiger partial charge is 0.320 e. The summed E-state index contributed by atoms with van der Waals surface area (Å²) >= 11 is 0. The van der Waals surface area contributed by atoms with Gasteiger partial charge in [-0.2, -0.15) is 5.37 Å². The quantitative estimate of drug-likeness (QED) is 0.347. The van der Waals surface area contributed by atoms with Crippen molar-refractivity contribution in [2.75, 3.05) is 0 Å². The molecule has 0 saturated heterocycles. The van der Waals surface area contributed by atoms with Gasteiger partial charge in [-0.25, -0.2) is 10.6 Å². The Hall–Kier alpha value is -0.590. The average molecular weight is 165 g/mol. The maximum absolute atomic E-state index is 10.2. The molecule has 0 rings (SSSR count). The van der Waals surface area contributed by atoms with E-state index >= 15 is 0 Å². The third-order valence-corrected chi connectivity index (χ3v) is 1.35. The van der Waals surface area contributed by atoms with Crippen molar-refractivity contribution in [2.45, 2.75) is 12.5 Å². The number of hydrogen-bond donors (Lipinski definition) is 3. The normalized spacial score (nSPS) is 16.6. The second kappa shape index (κ2) is 4.26. The molecule has 0 aromatic carbocycles. The molecular formula is C4H9N2O3S-. The van der Waals surface area contributed by atoms with Gasteiger partial charge in [0.05, 0.1) is 0 Å². The van der Waals surface area contributed by atoms with Gasteiger partial charge < -0.3 is 20.2 Å². The van der Waals surface area contributed by atoms with E-state index in [2.05, 4.69) is 0 Å². The molecule has 60 valence electrons. The molecule has 0 heterocycles. The number of rotatable bonds is 3. The molecule has 0 aromatic heterocycles. The molecule has 0 aromatic rings. The zero-order valence-electron chi connectivity index (χ0n) is 5.19. The summed E-state index contributed by atoms with van der Waals surface area (Å²) in [7, 11) is -1.57. The molecule has 6 heteroatoms. The lowest BCUT2D eigenvalue weighted by Gasteiger charge is -2.02. The molecule has 1 atom stereocenters. The Kier molecular flexibility index (Phi) is 4.01. The average Bonchev–Trinajstić information content (AvgIpc) is 1.82. The highest BCUT2D eigenvalue weighted by atomic mass is 32.2. The Morgan fingerprint density at radius 2 is 2.30 bits per heavy atom. The van der Waals surface area contributed by atoms with Crippen LogP contribution in [0.5, 0.6) is 0 Å². The van der Waals surface area contributed by atoms with Gasteiger partial charge in [0.25, 0.3) is 0 Å². The Bertz CT molecular complexity index is 197. The molecule has 0 aliphatic heterocycles. The van der Waals surface area contributed by atoms with Gasteiger partial charge in [0.2, 0.25) is 0 Å². The maximum atomic E-state index is 10.2. The van der Waals surface area contributed by atoms with Gasteiger partial charge in [-0.05, 0) is 6.42 Å². The van der Waals surface area contributed by atoms with Crippen LogP contribution in [0.3, 0.4) is 0 Å². The van der Waals surface area contributed by atoms with Crippen molar-refractivity contribution in [3.63, 3.8) is 0 Å². The molecule has 0 saturated carbocycles. The predicted octanol–water partition coefficient (Wildman–Crippen LogP) is -1.57. The van der Waals surface area contributed by atoms with Crippen molar-refractivity contribution in [1.29, 1.82) is 0 Å². The van der Waals surface area contributed by atoms with Crippen LogP contribution in [-0.2, 0) is 19.6 Å². The van der Waals surface area contributed by atoms with Gasteiger partial charge in [0.1, 0.15) is 6.04 Å². The van der Waals surface area contributed by atoms with Crippen molar-refractivity contribution in [1.82, 2.24) is 0 Å². The van der Waals surface area contributed by atoms with Crippen molar-refractivity contribution >= 4 is 21.9 Å². The van der Waals surface area contributed by atoms with Crippen molar-refractivity contribution in [3.05, 3.63) is 0 Å². The van der Waals surface area contributed by atoms with E-state index in [4.69, 9.17) is 16.0 Å². The standard InChI is InChI=1S/C4H9N2O3S/c5-3(4(7)8)1-2-10(6)9/h2-3H,1,5H2,(H2,6,9)(H,7,8)/q-1/t3-/m0/s1. The Balaban J connectivity index is 3.81. The summed E-state index contributed by atoms with van der Waals surface area (Å²) in [6.07, 6.45) is 0.0262. The molecule has 0 unspecified atom stereocenters. The van der Waals surface area contributed by atoms with Crippen LogP contribution in [0.4, 0.5) is 0 Å². The van der Waals surface area contributed by atoms with E-state index in [0.29, 0.717) is 0 Å². The van der Waals surface area contributed by atoms with E-state index in [1.165, 1.54) is 0 Å². The predicted molar refractivity (Wildman–Crippen MR) is 38.5 cm³/mol. The number of carboxylic acid groups (broad SMARTS) is 1. The number of carboxylic acids is 1. The first kappa shape index (κ1) is 9.41. The van der Waals surface area contributed by atoms with Crippen LogP contribution >= 0.6 is 0 Å². The molecule has 0 amide bonds. The number of nitrogens with two attached hydrogens (primary N) is 2. The summed E-state index contributed by atoms with van der Waals surface area (Å²) in [6.45, 7) is 0. The highest BCUT2D eigenvalue weighted by Crippen LogP contribution is 1.82. The van der Waals surface area contributed by atoms with Gasteiger partial charge in [0.15, 0.2) is 0 Å². The van der Waals surface area contributed by atoms with Gasteiger partial charge in [-0.15, -0.1) is 0 Å². The van der Waals surface area contributed by atoms with Crippen molar-refractivity contribution in [3.8, 4) is 0 Å². The van der Waals surface area contributed by atoms with Crippen LogP contribution in [0.15, 0.2) is 0 Å². The second-order valence-electron chi connectivity index (χ2n) is 1.68. The van der Waals surface area contributed by atoms with E-state index in [1.807, 2.05) is 0 Å². The van der Waals surface area contributed by atoms with E-state index in [1.54, 1.807) is 0 Å². The third kappa shape index (κ3) is 4.30. The minimum Gasteiger partial charge on any atom is -0.480 e. The Morgan fingerprint density at radius 1 is 1.80 bits per heavy atom. The van der Waals surface area contributed by atoms with Gasteiger partial charge in [0, 0.05) is 0 Å². The van der Waals surface area contributed by atoms with E-state index < -0.39 is 22.6 Å². The zero-order valence-corrected chi connectivity index (χ0v) is 6.00. The number of hydrogen-bond acceptors (Lipinski definition) is 4. The zero-order chi connectivity index (χ0) is 8.15. The molecular weight excluding hydrogens is 156 g/mol. The SMILES string of the molecule is N[C@@H](CC=[S-](N)=O)C(=O)O. The second-order valence-corrected chi connectivity index (χ2v) is 2.67. The first-order chi connectivity index (χ1) is 4.54. The number of carbonyl (C=O) groups is 1. The topological polar surface area (TPSA) is 106 Å². The monoisotopic (exact) mass is 165 g/mol. The first-order valence-electron chi connectivity index (χ1n) is 2.50. The van der Waals surface area contributed by atoms with Crippen LogP contribution in [0.2, 0.25) is 0 Å². The van der Waals surface area contributed by atoms with E-state index in [0.717, 1.165) is 5.37 Å². The van der Waals surface area contributed by atoms with Crippen molar-refractivity contribution < 1.29 is 14.1 Å². The summed E-state index contributed by atoms with van der Waals surface area (Å²) in [4.78, 5) is 10.0.